The molecular formula is C65H123NO10. The van der Waals surface area contributed by atoms with Gasteiger partial charge in [-0.05, 0) is 51.4 Å². The van der Waals surface area contributed by atoms with Crippen LogP contribution in [0.4, 0.5) is 0 Å². The molecule has 0 aromatic carbocycles. The smallest absolute Gasteiger partial charge is 0.306 e. The Morgan fingerprint density at radius 2 is 0.868 bits per heavy atom. The van der Waals surface area contributed by atoms with Crippen molar-refractivity contribution in [2.45, 2.75) is 365 Å². The number of amides is 1. The van der Waals surface area contributed by atoms with Crippen molar-refractivity contribution in [1.29, 1.82) is 0 Å². The van der Waals surface area contributed by atoms with Crippen molar-refractivity contribution < 1.29 is 49.3 Å². The van der Waals surface area contributed by atoms with Crippen LogP contribution in [-0.2, 0) is 23.8 Å². The zero-order chi connectivity index (χ0) is 55.4. The molecule has 0 aromatic heterocycles. The fraction of sp³-hybridized carbons (Fsp3) is 0.908. The highest BCUT2D eigenvalue weighted by Crippen LogP contribution is 2.26. The van der Waals surface area contributed by atoms with Crippen molar-refractivity contribution >= 4 is 11.9 Å². The minimum Gasteiger partial charge on any atom is -0.454 e. The molecule has 1 rings (SSSR count). The summed E-state index contributed by atoms with van der Waals surface area (Å²) in [7, 11) is 0. The lowest BCUT2D eigenvalue weighted by Gasteiger charge is -2.41. The fourth-order valence-electron chi connectivity index (χ4n) is 10.4. The molecule has 8 unspecified atom stereocenters. The van der Waals surface area contributed by atoms with Gasteiger partial charge in [0.25, 0.3) is 0 Å². The van der Waals surface area contributed by atoms with Crippen LogP contribution in [0.2, 0.25) is 0 Å². The summed E-state index contributed by atoms with van der Waals surface area (Å²) in [6.45, 7) is 5.81. The SMILES string of the molecule is CCCCCCCC/C=C/CCCCCCCCCCCCCCC(O)C(=O)NC(COC1OC(CO)C(O)C(O)C1OC(=O)CCCCCCCCCCCCCCCC)C(O)/C=C/CCCCCCCCCCC. The number of aliphatic hydroxyl groups is 5. The normalized spacial score (nSPS) is 19.2. The second-order valence-corrected chi connectivity index (χ2v) is 22.9. The second kappa shape index (κ2) is 53.8. The monoisotopic (exact) mass is 1080 g/mol. The molecule has 8 atom stereocenters. The summed E-state index contributed by atoms with van der Waals surface area (Å²) < 4.78 is 17.6. The molecule has 0 saturated carbocycles. The lowest BCUT2D eigenvalue weighted by molar-refractivity contribution is -0.305. The van der Waals surface area contributed by atoms with E-state index < -0.39 is 67.4 Å². The van der Waals surface area contributed by atoms with E-state index in [1.54, 1.807) is 6.08 Å². The molecule has 0 radical (unpaired) electrons. The Hall–Kier alpha value is -1.86. The summed E-state index contributed by atoms with van der Waals surface area (Å²) in [6, 6.07) is -1.02. The number of allylic oxidation sites excluding steroid dienone is 3. The Morgan fingerprint density at radius 1 is 0.500 bits per heavy atom. The van der Waals surface area contributed by atoms with Crippen LogP contribution in [0.25, 0.3) is 0 Å². The number of hydrogen-bond donors (Lipinski definition) is 6. The Balaban J connectivity index is 2.60. The molecule has 11 nitrogen and oxygen atoms in total. The number of carbonyl (C=O) groups excluding carboxylic acids is 2. The van der Waals surface area contributed by atoms with Crippen molar-refractivity contribution in [2.24, 2.45) is 0 Å². The number of aliphatic hydroxyl groups excluding tert-OH is 5. The number of nitrogens with one attached hydrogen (secondary N) is 1. The summed E-state index contributed by atoms with van der Waals surface area (Å²) in [5.41, 5.74) is 0. The molecule has 1 saturated heterocycles. The maximum absolute atomic E-state index is 13.4. The largest absolute Gasteiger partial charge is 0.454 e. The fourth-order valence-corrected chi connectivity index (χ4v) is 10.4. The molecule has 1 amide bonds. The zero-order valence-corrected chi connectivity index (χ0v) is 49.6. The highest BCUT2D eigenvalue weighted by atomic mass is 16.7. The van der Waals surface area contributed by atoms with Gasteiger partial charge in [0.05, 0.1) is 25.4 Å². The molecule has 1 heterocycles. The third-order valence-corrected chi connectivity index (χ3v) is 15.6. The highest BCUT2D eigenvalue weighted by molar-refractivity contribution is 5.80. The molecule has 0 aliphatic carbocycles. The molecule has 448 valence electrons. The summed E-state index contributed by atoms with van der Waals surface area (Å²) in [6.07, 6.45) is 52.2. The average molecular weight is 1080 g/mol. The maximum Gasteiger partial charge on any atom is 0.306 e. The molecule has 11 heteroatoms. The topological polar surface area (TPSA) is 175 Å². The average Bonchev–Trinajstić information content (AvgIpc) is 3.42. The summed E-state index contributed by atoms with van der Waals surface area (Å²) in [4.78, 5) is 26.5. The van der Waals surface area contributed by atoms with Crippen LogP contribution in [-0.4, -0.2) is 99.6 Å². The summed E-state index contributed by atoms with van der Waals surface area (Å²) >= 11 is 0. The molecular weight excluding hydrogens is 955 g/mol. The summed E-state index contributed by atoms with van der Waals surface area (Å²) in [5.74, 6) is -1.18. The van der Waals surface area contributed by atoms with Gasteiger partial charge in [-0.1, -0.05) is 283 Å². The van der Waals surface area contributed by atoms with Crippen LogP contribution in [0.3, 0.4) is 0 Å². The van der Waals surface area contributed by atoms with E-state index in [2.05, 4.69) is 38.2 Å². The van der Waals surface area contributed by atoms with Crippen molar-refractivity contribution in [3.8, 4) is 0 Å². The third kappa shape index (κ3) is 41.2. The lowest BCUT2D eigenvalue weighted by atomic mass is 9.99. The predicted octanol–water partition coefficient (Wildman–Crippen LogP) is 15.7. The number of esters is 1. The van der Waals surface area contributed by atoms with E-state index in [9.17, 15) is 35.1 Å². The first-order valence-corrected chi connectivity index (χ1v) is 32.6. The number of carbonyl (C=O) groups is 2. The minimum absolute atomic E-state index is 0.130. The van der Waals surface area contributed by atoms with Crippen molar-refractivity contribution in [2.75, 3.05) is 13.2 Å². The van der Waals surface area contributed by atoms with Gasteiger partial charge < -0.3 is 45.1 Å². The number of unbranched alkanes of at least 4 members (excludes halogenated alkanes) is 40. The highest BCUT2D eigenvalue weighted by Gasteiger charge is 2.47. The third-order valence-electron chi connectivity index (χ3n) is 15.6. The Morgan fingerprint density at radius 3 is 1.28 bits per heavy atom. The Kier molecular flexibility index (Phi) is 51.0. The molecule has 1 fully saturated rings. The number of hydrogen-bond acceptors (Lipinski definition) is 10. The van der Waals surface area contributed by atoms with Crippen molar-refractivity contribution in [3.05, 3.63) is 24.3 Å². The van der Waals surface area contributed by atoms with Crippen LogP contribution < -0.4 is 5.32 Å². The Labute approximate surface area is 467 Å². The zero-order valence-electron chi connectivity index (χ0n) is 49.6. The van der Waals surface area contributed by atoms with Gasteiger partial charge in [-0.3, -0.25) is 9.59 Å². The maximum atomic E-state index is 13.4. The minimum atomic E-state index is -1.61. The van der Waals surface area contributed by atoms with Crippen LogP contribution in [0.5, 0.6) is 0 Å². The van der Waals surface area contributed by atoms with Crippen LogP contribution in [0.15, 0.2) is 24.3 Å². The quantitative estimate of drug-likeness (QED) is 0.0195. The molecule has 1 aliphatic rings. The first-order valence-electron chi connectivity index (χ1n) is 32.6. The van der Waals surface area contributed by atoms with Gasteiger partial charge in [0, 0.05) is 6.42 Å². The van der Waals surface area contributed by atoms with Crippen LogP contribution >= 0.6 is 0 Å². The van der Waals surface area contributed by atoms with Gasteiger partial charge in [-0.2, -0.15) is 0 Å². The van der Waals surface area contributed by atoms with Crippen LogP contribution in [0, 0.1) is 0 Å². The van der Waals surface area contributed by atoms with Crippen molar-refractivity contribution in [1.82, 2.24) is 5.32 Å². The molecule has 0 aromatic rings. The van der Waals surface area contributed by atoms with E-state index in [4.69, 9.17) is 14.2 Å². The van der Waals surface area contributed by atoms with Gasteiger partial charge in [0.1, 0.15) is 24.4 Å². The first kappa shape index (κ1) is 72.2. The van der Waals surface area contributed by atoms with E-state index >= 15 is 0 Å². The van der Waals surface area contributed by atoms with E-state index in [-0.39, 0.29) is 13.0 Å². The number of rotatable bonds is 56. The van der Waals surface area contributed by atoms with E-state index in [0.29, 0.717) is 19.3 Å². The van der Waals surface area contributed by atoms with Gasteiger partial charge in [-0.25, -0.2) is 0 Å². The van der Waals surface area contributed by atoms with Gasteiger partial charge in [0.15, 0.2) is 12.4 Å². The van der Waals surface area contributed by atoms with E-state index in [1.807, 2.05) is 6.08 Å². The first-order chi connectivity index (χ1) is 37.2. The number of ether oxygens (including phenoxy) is 3. The van der Waals surface area contributed by atoms with E-state index in [0.717, 1.165) is 57.8 Å². The lowest BCUT2D eigenvalue weighted by Crippen LogP contribution is -2.61. The van der Waals surface area contributed by atoms with Crippen molar-refractivity contribution in [3.63, 3.8) is 0 Å². The molecule has 76 heavy (non-hydrogen) atoms. The van der Waals surface area contributed by atoms with E-state index in [1.165, 1.54) is 212 Å². The Bertz CT molecular complexity index is 1330. The molecule has 0 bridgehead atoms. The second-order valence-electron chi connectivity index (χ2n) is 22.9. The van der Waals surface area contributed by atoms with Gasteiger partial charge in [0.2, 0.25) is 5.91 Å². The van der Waals surface area contributed by atoms with Crippen LogP contribution in [0.1, 0.15) is 316 Å². The standard InChI is InChI=1S/C65H123NO10/c1-4-7-10-13-16-19-22-24-26-27-28-29-30-31-32-33-34-37-40-43-46-49-52-58(69)64(73)66-56(57(68)51-48-45-42-39-36-21-18-15-12-9-6-3)55-74-65-63(62(72)61(71)59(54-67)75-65)76-60(70)53-50-47-44-41-38-35-25-23-20-17-14-11-8-5-2/h24,26,48,51,56-59,61-63,65,67-69,71-72H,4-23,25,27-47,49-50,52-55H2,1-3H3,(H,66,73)/b26-24+,51-48+. The molecule has 6 N–H and O–H groups in total. The molecule has 1 aliphatic heterocycles. The van der Waals surface area contributed by atoms with Gasteiger partial charge >= 0.3 is 5.97 Å². The summed E-state index contributed by atoms with van der Waals surface area (Å²) in [5, 5.41) is 57.0. The molecule has 0 spiro atoms. The predicted molar refractivity (Wildman–Crippen MR) is 315 cm³/mol. The van der Waals surface area contributed by atoms with Gasteiger partial charge in [-0.15, -0.1) is 0 Å².